The van der Waals surface area contributed by atoms with Gasteiger partial charge in [0.05, 0.1) is 0 Å². The van der Waals surface area contributed by atoms with Crippen LogP contribution in [0.3, 0.4) is 0 Å². The van der Waals surface area contributed by atoms with Crippen LogP contribution in [0.5, 0.6) is 0 Å². The van der Waals surface area contributed by atoms with E-state index in [0.29, 0.717) is 11.3 Å². The van der Waals surface area contributed by atoms with E-state index in [1.165, 1.54) is 12.8 Å². The SMILES string of the molecule is CC(C)C1(CN=C(N)N)CC1. The number of guanidine groups is 1. The van der Waals surface area contributed by atoms with Gasteiger partial charge >= 0.3 is 0 Å². The number of nitrogens with two attached hydrogens (primary N) is 2. The maximum atomic E-state index is 5.26. The van der Waals surface area contributed by atoms with Crippen LogP contribution >= 0.6 is 0 Å². The number of rotatable bonds is 3. The van der Waals surface area contributed by atoms with E-state index in [1.54, 1.807) is 0 Å². The van der Waals surface area contributed by atoms with E-state index < -0.39 is 0 Å². The van der Waals surface area contributed by atoms with Crippen molar-refractivity contribution in [2.24, 2.45) is 27.8 Å². The minimum atomic E-state index is 0.219. The van der Waals surface area contributed by atoms with Crippen molar-refractivity contribution in [1.29, 1.82) is 0 Å². The molecule has 0 amide bonds. The van der Waals surface area contributed by atoms with Gasteiger partial charge in [-0.15, -0.1) is 0 Å². The molecule has 11 heavy (non-hydrogen) atoms. The normalized spacial score (nSPS) is 19.9. The summed E-state index contributed by atoms with van der Waals surface area (Å²) in [6, 6.07) is 0. The Bertz CT molecular complexity index is 164. The van der Waals surface area contributed by atoms with Gasteiger partial charge < -0.3 is 11.5 Å². The maximum absolute atomic E-state index is 5.26. The Hall–Kier alpha value is -0.730. The minimum absolute atomic E-state index is 0.219. The van der Waals surface area contributed by atoms with Crippen LogP contribution in [0.1, 0.15) is 26.7 Å². The smallest absolute Gasteiger partial charge is 0.185 e. The molecule has 64 valence electrons. The Morgan fingerprint density at radius 3 is 2.27 bits per heavy atom. The number of nitrogens with zero attached hydrogens (tertiary/aromatic N) is 1. The van der Waals surface area contributed by atoms with Crippen LogP contribution in [-0.4, -0.2) is 12.5 Å². The highest BCUT2D eigenvalue weighted by Gasteiger charge is 2.44. The van der Waals surface area contributed by atoms with Gasteiger partial charge in [-0.25, -0.2) is 0 Å². The summed E-state index contributed by atoms with van der Waals surface area (Å²) in [6.07, 6.45) is 2.56. The molecule has 0 aliphatic heterocycles. The molecule has 1 saturated carbocycles. The third-order valence-electron chi connectivity index (χ3n) is 2.69. The fourth-order valence-corrected chi connectivity index (χ4v) is 1.33. The van der Waals surface area contributed by atoms with Gasteiger partial charge in [0.15, 0.2) is 5.96 Å². The standard InChI is InChI=1S/C8H17N3/c1-6(2)8(3-4-8)5-11-7(9)10/h6H,3-5H2,1-2H3,(H4,9,10,11). The Balaban J connectivity index is 2.42. The first-order valence-electron chi connectivity index (χ1n) is 4.12. The first kappa shape index (κ1) is 8.37. The second-order valence-electron chi connectivity index (χ2n) is 3.76. The Morgan fingerprint density at radius 1 is 1.45 bits per heavy atom. The van der Waals surface area contributed by atoms with Gasteiger partial charge in [0, 0.05) is 6.54 Å². The van der Waals surface area contributed by atoms with Crippen LogP contribution in [0.4, 0.5) is 0 Å². The van der Waals surface area contributed by atoms with Crippen molar-refractivity contribution >= 4 is 5.96 Å². The molecule has 0 spiro atoms. The van der Waals surface area contributed by atoms with Crippen LogP contribution in [0.15, 0.2) is 4.99 Å². The van der Waals surface area contributed by atoms with E-state index in [2.05, 4.69) is 18.8 Å². The van der Waals surface area contributed by atoms with Gasteiger partial charge in [0.25, 0.3) is 0 Å². The van der Waals surface area contributed by atoms with Crippen LogP contribution in [0.25, 0.3) is 0 Å². The van der Waals surface area contributed by atoms with Crippen LogP contribution < -0.4 is 11.5 Å². The molecule has 0 saturated heterocycles. The molecule has 1 fully saturated rings. The quantitative estimate of drug-likeness (QED) is 0.465. The minimum Gasteiger partial charge on any atom is -0.370 e. The van der Waals surface area contributed by atoms with Gasteiger partial charge in [0.2, 0.25) is 0 Å². The van der Waals surface area contributed by atoms with Crippen LogP contribution in [0, 0.1) is 11.3 Å². The summed E-state index contributed by atoms with van der Waals surface area (Å²) in [5.41, 5.74) is 10.9. The molecular weight excluding hydrogens is 138 g/mol. The van der Waals surface area contributed by atoms with Crippen molar-refractivity contribution in [2.75, 3.05) is 6.54 Å². The highest BCUT2D eigenvalue weighted by atomic mass is 15.0. The molecule has 1 rings (SSSR count). The Kier molecular flexibility index (Phi) is 2.07. The van der Waals surface area contributed by atoms with Crippen molar-refractivity contribution in [3.8, 4) is 0 Å². The van der Waals surface area contributed by atoms with E-state index in [4.69, 9.17) is 11.5 Å². The molecule has 0 atom stereocenters. The zero-order chi connectivity index (χ0) is 8.48. The van der Waals surface area contributed by atoms with E-state index in [-0.39, 0.29) is 5.96 Å². The first-order valence-corrected chi connectivity index (χ1v) is 4.12. The summed E-state index contributed by atoms with van der Waals surface area (Å²) < 4.78 is 0. The molecule has 0 aromatic rings. The van der Waals surface area contributed by atoms with E-state index in [0.717, 1.165) is 6.54 Å². The van der Waals surface area contributed by atoms with E-state index in [9.17, 15) is 0 Å². The predicted molar refractivity (Wildman–Crippen MR) is 47.2 cm³/mol. The summed E-state index contributed by atoms with van der Waals surface area (Å²) in [7, 11) is 0. The molecule has 3 nitrogen and oxygen atoms in total. The first-order chi connectivity index (χ1) is 5.07. The van der Waals surface area contributed by atoms with Crippen molar-refractivity contribution in [1.82, 2.24) is 0 Å². The molecule has 0 radical (unpaired) electrons. The maximum Gasteiger partial charge on any atom is 0.185 e. The van der Waals surface area contributed by atoms with Gasteiger partial charge in [0.1, 0.15) is 0 Å². The Morgan fingerprint density at radius 2 is 2.00 bits per heavy atom. The predicted octanol–water partition coefficient (Wildman–Crippen LogP) is 0.696. The van der Waals surface area contributed by atoms with Crippen LogP contribution in [-0.2, 0) is 0 Å². The van der Waals surface area contributed by atoms with E-state index in [1.807, 2.05) is 0 Å². The molecule has 0 heterocycles. The molecule has 1 aliphatic carbocycles. The molecule has 0 unspecified atom stereocenters. The molecule has 0 aromatic carbocycles. The van der Waals surface area contributed by atoms with Gasteiger partial charge in [-0.05, 0) is 24.2 Å². The number of hydrogen-bond acceptors (Lipinski definition) is 1. The lowest BCUT2D eigenvalue weighted by molar-refractivity contribution is 0.371. The monoisotopic (exact) mass is 155 g/mol. The van der Waals surface area contributed by atoms with Gasteiger partial charge in [-0.2, -0.15) is 0 Å². The fraction of sp³-hybridized carbons (Fsp3) is 0.875. The summed E-state index contributed by atoms with van der Waals surface area (Å²) in [5, 5.41) is 0. The van der Waals surface area contributed by atoms with E-state index >= 15 is 0 Å². The summed E-state index contributed by atoms with van der Waals surface area (Å²) in [4.78, 5) is 4.05. The molecule has 0 aromatic heterocycles. The van der Waals surface area contributed by atoms with Crippen LogP contribution in [0.2, 0.25) is 0 Å². The van der Waals surface area contributed by atoms with Gasteiger partial charge in [-0.1, -0.05) is 13.8 Å². The third-order valence-corrected chi connectivity index (χ3v) is 2.69. The van der Waals surface area contributed by atoms with Crippen molar-refractivity contribution in [2.45, 2.75) is 26.7 Å². The number of aliphatic imine (C=N–C) groups is 1. The molecule has 4 N–H and O–H groups in total. The average Bonchev–Trinajstić information content (AvgIpc) is 2.63. The van der Waals surface area contributed by atoms with Crippen molar-refractivity contribution in [3.05, 3.63) is 0 Å². The summed E-state index contributed by atoms with van der Waals surface area (Å²) in [6.45, 7) is 5.28. The lowest BCUT2D eigenvalue weighted by Gasteiger charge is -2.16. The largest absolute Gasteiger partial charge is 0.370 e. The fourth-order valence-electron chi connectivity index (χ4n) is 1.33. The van der Waals surface area contributed by atoms with Crippen molar-refractivity contribution < 1.29 is 0 Å². The zero-order valence-corrected chi connectivity index (χ0v) is 7.30. The van der Waals surface area contributed by atoms with Gasteiger partial charge in [-0.3, -0.25) is 4.99 Å². The lowest BCUT2D eigenvalue weighted by atomic mass is 9.93. The molecule has 1 aliphatic rings. The second-order valence-corrected chi connectivity index (χ2v) is 3.76. The zero-order valence-electron chi connectivity index (χ0n) is 7.30. The number of hydrogen-bond donors (Lipinski definition) is 2. The third kappa shape index (κ3) is 1.85. The molecule has 3 heteroatoms. The summed E-state index contributed by atoms with van der Waals surface area (Å²) in [5.74, 6) is 0.919. The molecule has 0 bridgehead atoms. The highest BCUT2D eigenvalue weighted by Crippen LogP contribution is 2.51. The summed E-state index contributed by atoms with van der Waals surface area (Å²) >= 11 is 0. The average molecular weight is 155 g/mol. The highest BCUT2D eigenvalue weighted by molar-refractivity contribution is 5.75. The Labute approximate surface area is 67.9 Å². The topological polar surface area (TPSA) is 64.4 Å². The lowest BCUT2D eigenvalue weighted by Crippen LogP contribution is -2.25. The molecular formula is C8H17N3. The van der Waals surface area contributed by atoms with Crippen molar-refractivity contribution in [3.63, 3.8) is 0 Å². The second kappa shape index (κ2) is 2.72.